The van der Waals surface area contributed by atoms with E-state index >= 15 is 0 Å². The topological polar surface area (TPSA) is 55.6 Å². The maximum Gasteiger partial charge on any atom is 0.258 e. The number of ether oxygens (including phenoxy) is 1. The molecule has 0 radical (unpaired) electrons. The molecule has 0 aliphatic carbocycles. The van der Waals surface area contributed by atoms with Crippen molar-refractivity contribution in [2.24, 2.45) is 5.73 Å². The summed E-state index contributed by atoms with van der Waals surface area (Å²) in [5.74, 6) is 0.605. The van der Waals surface area contributed by atoms with E-state index < -0.39 is 0 Å². The third-order valence-corrected chi connectivity index (χ3v) is 3.33. The van der Waals surface area contributed by atoms with E-state index in [2.05, 4.69) is 0 Å². The monoisotopic (exact) mass is 304 g/mol. The molecule has 1 amide bonds. The third-order valence-electron chi connectivity index (χ3n) is 3.07. The van der Waals surface area contributed by atoms with Gasteiger partial charge < -0.3 is 15.4 Å². The number of nitrogens with two attached hydrogens (primary N) is 1. The van der Waals surface area contributed by atoms with Crippen molar-refractivity contribution < 1.29 is 9.53 Å². The second-order valence-corrected chi connectivity index (χ2v) is 4.89. The van der Waals surface area contributed by atoms with Crippen LogP contribution >= 0.6 is 11.6 Å². The molecule has 2 rings (SSSR count). The lowest BCUT2D eigenvalue weighted by Gasteiger charge is -2.22. The van der Waals surface area contributed by atoms with E-state index in [1.54, 1.807) is 60.5 Å². The zero-order valence-corrected chi connectivity index (χ0v) is 12.5. The number of rotatable bonds is 5. The summed E-state index contributed by atoms with van der Waals surface area (Å²) in [6.07, 6.45) is 0. The average molecular weight is 305 g/mol. The van der Waals surface area contributed by atoms with Gasteiger partial charge in [0, 0.05) is 29.4 Å². The number of hydrogen-bond donors (Lipinski definition) is 1. The summed E-state index contributed by atoms with van der Waals surface area (Å²) < 4.78 is 5.10. The largest absolute Gasteiger partial charge is 0.497 e. The Labute approximate surface area is 129 Å². The van der Waals surface area contributed by atoms with Crippen molar-refractivity contribution >= 4 is 23.2 Å². The van der Waals surface area contributed by atoms with Gasteiger partial charge in [-0.3, -0.25) is 4.79 Å². The molecule has 5 heteroatoms. The third kappa shape index (κ3) is 3.74. The maximum absolute atomic E-state index is 12.6. The SMILES string of the molecule is COc1ccc(C(=O)N(CCN)c2ccc(Cl)cc2)cc1. The Bertz CT molecular complexity index is 597. The summed E-state index contributed by atoms with van der Waals surface area (Å²) in [5.41, 5.74) is 6.97. The predicted octanol–water partition coefficient (Wildman–Crippen LogP) is 2.95. The number of benzene rings is 2. The van der Waals surface area contributed by atoms with Gasteiger partial charge in [-0.05, 0) is 48.5 Å². The highest BCUT2D eigenvalue weighted by Crippen LogP contribution is 2.21. The first-order chi connectivity index (χ1) is 10.2. The average Bonchev–Trinajstić information content (AvgIpc) is 2.53. The van der Waals surface area contributed by atoms with Crippen LogP contribution in [0, 0.1) is 0 Å². The van der Waals surface area contributed by atoms with Crippen LogP contribution in [0.15, 0.2) is 48.5 Å². The molecule has 2 aromatic rings. The maximum atomic E-state index is 12.6. The lowest BCUT2D eigenvalue weighted by atomic mass is 10.1. The van der Waals surface area contributed by atoms with Gasteiger partial charge in [0.25, 0.3) is 5.91 Å². The number of halogens is 1. The smallest absolute Gasteiger partial charge is 0.258 e. The van der Waals surface area contributed by atoms with Crippen LogP contribution in [0.4, 0.5) is 5.69 Å². The first-order valence-electron chi connectivity index (χ1n) is 6.57. The number of carbonyl (C=O) groups is 1. The second kappa shape index (κ2) is 7.11. The Morgan fingerprint density at radius 2 is 1.76 bits per heavy atom. The van der Waals surface area contributed by atoms with E-state index in [1.807, 2.05) is 0 Å². The highest BCUT2D eigenvalue weighted by molar-refractivity contribution is 6.30. The summed E-state index contributed by atoms with van der Waals surface area (Å²) in [4.78, 5) is 14.3. The standard InChI is InChI=1S/C16H17ClN2O2/c1-21-15-8-2-12(3-9-15)16(20)19(11-10-18)14-6-4-13(17)5-7-14/h2-9H,10-11,18H2,1H3. The molecule has 0 aliphatic rings. The molecule has 2 aromatic carbocycles. The molecule has 0 heterocycles. The van der Waals surface area contributed by atoms with Crippen LogP contribution in [-0.2, 0) is 0 Å². The molecular formula is C16H17ClN2O2. The first kappa shape index (κ1) is 15.4. The minimum atomic E-state index is -0.106. The van der Waals surface area contributed by atoms with Gasteiger partial charge >= 0.3 is 0 Å². The normalized spacial score (nSPS) is 10.2. The minimum Gasteiger partial charge on any atom is -0.497 e. The Morgan fingerprint density at radius 1 is 1.14 bits per heavy atom. The lowest BCUT2D eigenvalue weighted by molar-refractivity contribution is 0.0987. The van der Waals surface area contributed by atoms with Crippen molar-refractivity contribution in [1.82, 2.24) is 0 Å². The van der Waals surface area contributed by atoms with Crippen LogP contribution in [-0.4, -0.2) is 26.1 Å². The number of amides is 1. The van der Waals surface area contributed by atoms with Crippen LogP contribution < -0.4 is 15.4 Å². The summed E-state index contributed by atoms with van der Waals surface area (Å²) in [6.45, 7) is 0.816. The molecular weight excluding hydrogens is 288 g/mol. The number of hydrogen-bond acceptors (Lipinski definition) is 3. The van der Waals surface area contributed by atoms with Crippen LogP contribution in [0.25, 0.3) is 0 Å². The van der Waals surface area contributed by atoms with Crippen molar-refractivity contribution in [1.29, 1.82) is 0 Å². The Balaban J connectivity index is 2.27. The van der Waals surface area contributed by atoms with E-state index in [0.29, 0.717) is 29.4 Å². The molecule has 21 heavy (non-hydrogen) atoms. The van der Waals surface area contributed by atoms with Gasteiger partial charge in [-0.15, -0.1) is 0 Å². The van der Waals surface area contributed by atoms with Crippen molar-refractivity contribution in [2.75, 3.05) is 25.1 Å². The summed E-state index contributed by atoms with van der Waals surface area (Å²) in [5, 5.41) is 0.628. The van der Waals surface area contributed by atoms with Gasteiger partial charge in [0.05, 0.1) is 7.11 Å². The van der Waals surface area contributed by atoms with E-state index in [9.17, 15) is 4.79 Å². The minimum absolute atomic E-state index is 0.106. The van der Waals surface area contributed by atoms with E-state index in [0.717, 1.165) is 5.69 Å². The van der Waals surface area contributed by atoms with Gasteiger partial charge in [-0.25, -0.2) is 0 Å². The fourth-order valence-corrected chi connectivity index (χ4v) is 2.11. The molecule has 0 unspecified atom stereocenters. The highest BCUT2D eigenvalue weighted by atomic mass is 35.5. The van der Waals surface area contributed by atoms with Gasteiger partial charge in [0.15, 0.2) is 0 Å². The molecule has 0 bridgehead atoms. The predicted molar refractivity (Wildman–Crippen MR) is 85.2 cm³/mol. The van der Waals surface area contributed by atoms with E-state index in [4.69, 9.17) is 22.1 Å². The number of anilines is 1. The van der Waals surface area contributed by atoms with Crippen molar-refractivity contribution in [3.05, 3.63) is 59.1 Å². The Hall–Kier alpha value is -2.04. The summed E-state index contributed by atoms with van der Waals surface area (Å²) in [6, 6.07) is 14.1. The van der Waals surface area contributed by atoms with Gasteiger partial charge in [0.1, 0.15) is 5.75 Å². The number of carbonyl (C=O) groups excluding carboxylic acids is 1. The molecule has 0 saturated heterocycles. The molecule has 4 nitrogen and oxygen atoms in total. The quantitative estimate of drug-likeness (QED) is 0.924. The van der Waals surface area contributed by atoms with Crippen molar-refractivity contribution in [3.8, 4) is 5.75 Å². The molecule has 110 valence electrons. The van der Waals surface area contributed by atoms with Crippen LogP contribution in [0.3, 0.4) is 0 Å². The first-order valence-corrected chi connectivity index (χ1v) is 6.95. The zero-order chi connectivity index (χ0) is 15.2. The van der Waals surface area contributed by atoms with Crippen LogP contribution in [0.5, 0.6) is 5.75 Å². The van der Waals surface area contributed by atoms with Gasteiger partial charge in [0.2, 0.25) is 0 Å². The molecule has 0 atom stereocenters. The lowest BCUT2D eigenvalue weighted by Crippen LogP contribution is -2.35. The number of nitrogens with zero attached hydrogens (tertiary/aromatic N) is 1. The summed E-state index contributed by atoms with van der Waals surface area (Å²) >= 11 is 5.88. The van der Waals surface area contributed by atoms with E-state index in [-0.39, 0.29) is 5.91 Å². The molecule has 0 spiro atoms. The fourth-order valence-electron chi connectivity index (χ4n) is 1.99. The van der Waals surface area contributed by atoms with Crippen LogP contribution in [0.1, 0.15) is 10.4 Å². The number of methoxy groups -OCH3 is 1. The molecule has 0 aromatic heterocycles. The van der Waals surface area contributed by atoms with E-state index in [1.165, 1.54) is 0 Å². The van der Waals surface area contributed by atoms with Gasteiger partial charge in [-0.2, -0.15) is 0 Å². The highest BCUT2D eigenvalue weighted by Gasteiger charge is 2.17. The van der Waals surface area contributed by atoms with Crippen molar-refractivity contribution in [3.63, 3.8) is 0 Å². The molecule has 2 N–H and O–H groups in total. The second-order valence-electron chi connectivity index (χ2n) is 4.45. The zero-order valence-electron chi connectivity index (χ0n) is 11.8. The van der Waals surface area contributed by atoms with Crippen LogP contribution in [0.2, 0.25) is 5.02 Å². The Morgan fingerprint density at radius 3 is 2.29 bits per heavy atom. The van der Waals surface area contributed by atoms with Gasteiger partial charge in [-0.1, -0.05) is 11.6 Å². The molecule has 0 aliphatic heterocycles. The molecule has 0 fully saturated rings. The Kier molecular flexibility index (Phi) is 5.20. The molecule has 0 saturated carbocycles. The fraction of sp³-hybridized carbons (Fsp3) is 0.188. The summed E-state index contributed by atoms with van der Waals surface area (Å²) in [7, 11) is 1.59. The van der Waals surface area contributed by atoms with Crippen molar-refractivity contribution in [2.45, 2.75) is 0 Å².